The number of hydrazine groups is 2. The maximum absolute atomic E-state index is 5.73. The van der Waals surface area contributed by atoms with Gasteiger partial charge in [0.05, 0.1) is 5.69 Å². The number of anilines is 1. The predicted octanol–water partition coefficient (Wildman–Crippen LogP) is -0.508. The summed E-state index contributed by atoms with van der Waals surface area (Å²) in [5.74, 6) is 0.399. The molecule has 2 N–H and O–H groups in total. The summed E-state index contributed by atoms with van der Waals surface area (Å²) in [6.45, 7) is 3.70. The van der Waals surface area contributed by atoms with Crippen molar-refractivity contribution >= 4 is 22.6 Å². The lowest BCUT2D eigenvalue weighted by Gasteiger charge is -2.30. The zero-order valence-electron chi connectivity index (χ0n) is 8.54. The van der Waals surface area contributed by atoms with Crippen molar-refractivity contribution in [2.45, 2.75) is 0 Å². The molecule has 1 aromatic rings. The highest BCUT2D eigenvalue weighted by Crippen LogP contribution is 2.21. The number of rotatable bonds is 2. The number of hydrogen-bond donors (Lipinski definition) is 1. The van der Waals surface area contributed by atoms with Crippen LogP contribution in [-0.4, -0.2) is 34.1 Å². The van der Waals surface area contributed by atoms with Gasteiger partial charge in [-0.2, -0.15) is 10.2 Å². The molecule has 2 rings (SSSR count). The van der Waals surface area contributed by atoms with Crippen LogP contribution < -0.4 is 10.9 Å². The molecule has 0 amide bonds. The topological polar surface area (TPSA) is 48.1 Å². The Balaban J connectivity index is 0.00000128. The summed E-state index contributed by atoms with van der Waals surface area (Å²) in [5, 5.41) is 9.26. The summed E-state index contributed by atoms with van der Waals surface area (Å²) < 4.78 is 0. The molecule has 16 heavy (non-hydrogen) atoms. The van der Waals surface area contributed by atoms with Crippen molar-refractivity contribution in [3.05, 3.63) is 43.1 Å². The zero-order chi connectivity index (χ0) is 10.8. The van der Waals surface area contributed by atoms with Crippen LogP contribution in [0.15, 0.2) is 48.2 Å². The number of hydrazone groups is 1. The summed E-state index contributed by atoms with van der Waals surface area (Å²) >= 11 is 0. The lowest BCUT2D eigenvalue weighted by atomic mass is 10.3. The summed E-state index contributed by atoms with van der Waals surface area (Å²) in [6, 6.07) is 9.82. The van der Waals surface area contributed by atoms with Crippen molar-refractivity contribution in [2.75, 3.05) is 12.2 Å². The van der Waals surface area contributed by atoms with E-state index in [1.165, 1.54) is 0 Å². The molecule has 0 radical (unpaired) electrons. The van der Waals surface area contributed by atoms with E-state index in [0.29, 0.717) is 5.96 Å². The standard InChI is InChI=1S/C10H13N5.H4Si/c1-3-14-10(11)12-13(2)15(14)9-7-5-4-6-8-9;/h3-8H,1H2,2H3,(H2,11,12);1H4. The molecule has 0 saturated heterocycles. The molecule has 0 bridgehead atoms. The molecular formula is C10H17N5Si. The fraction of sp³-hybridized carbons (Fsp3) is 0.100. The molecule has 0 saturated carbocycles. The van der Waals surface area contributed by atoms with E-state index in [9.17, 15) is 0 Å². The van der Waals surface area contributed by atoms with Crippen molar-refractivity contribution in [2.24, 2.45) is 10.8 Å². The summed E-state index contributed by atoms with van der Waals surface area (Å²) in [4.78, 5) is 0. The molecule has 5 nitrogen and oxygen atoms in total. The minimum Gasteiger partial charge on any atom is -0.366 e. The Hall–Kier alpha value is -1.95. The first-order chi connectivity index (χ1) is 7.24. The number of guanidine groups is 1. The molecule has 1 heterocycles. The van der Waals surface area contributed by atoms with Gasteiger partial charge in [-0.25, -0.2) is 5.01 Å². The Morgan fingerprint density at radius 1 is 1.31 bits per heavy atom. The third-order valence-corrected chi connectivity index (χ3v) is 2.12. The van der Waals surface area contributed by atoms with Crippen molar-refractivity contribution in [3.8, 4) is 0 Å². The number of para-hydroxylation sites is 1. The van der Waals surface area contributed by atoms with E-state index in [1.807, 2.05) is 42.5 Å². The lowest BCUT2D eigenvalue weighted by molar-refractivity contribution is 0.268. The SMILES string of the molecule is C=CN1C(N)=NN(C)N1c1ccccc1.[SiH4]. The van der Waals surface area contributed by atoms with Crippen LogP contribution in [0.5, 0.6) is 0 Å². The predicted molar refractivity (Wildman–Crippen MR) is 71.7 cm³/mol. The Morgan fingerprint density at radius 3 is 2.50 bits per heavy atom. The molecule has 86 valence electrons. The van der Waals surface area contributed by atoms with Crippen LogP contribution in [-0.2, 0) is 0 Å². The van der Waals surface area contributed by atoms with Gasteiger partial charge in [-0.15, -0.1) is 5.10 Å². The summed E-state index contributed by atoms with van der Waals surface area (Å²) in [5.41, 5.74) is 6.71. The van der Waals surface area contributed by atoms with Crippen LogP contribution >= 0.6 is 0 Å². The highest BCUT2D eigenvalue weighted by molar-refractivity contribution is 5.82. The third kappa shape index (κ3) is 1.87. The quantitative estimate of drug-likeness (QED) is 0.702. The average molecular weight is 235 g/mol. The second-order valence-corrected chi connectivity index (χ2v) is 3.10. The van der Waals surface area contributed by atoms with Crippen LogP contribution in [0, 0.1) is 0 Å². The van der Waals surface area contributed by atoms with E-state index < -0.39 is 0 Å². The van der Waals surface area contributed by atoms with Gasteiger partial charge in [-0.3, -0.25) is 0 Å². The van der Waals surface area contributed by atoms with Crippen molar-refractivity contribution in [1.82, 2.24) is 10.1 Å². The van der Waals surface area contributed by atoms with Gasteiger partial charge in [0.1, 0.15) is 0 Å². The lowest BCUT2D eigenvalue weighted by Crippen LogP contribution is -2.45. The maximum atomic E-state index is 5.73. The van der Waals surface area contributed by atoms with E-state index in [-0.39, 0.29) is 11.0 Å². The summed E-state index contributed by atoms with van der Waals surface area (Å²) in [7, 11) is 1.82. The largest absolute Gasteiger partial charge is 0.366 e. The molecule has 0 atom stereocenters. The second-order valence-electron chi connectivity index (χ2n) is 3.10. The van der Waals surface area contributed by atoms with Gasteiger partial charge >= 0.3 is 0 Å². The van der Waals surface area contributed by atoms with Crippen LogP contribution in [0.2, 0.25) is 0 Å². The second kappa shape index (κ2) is 4.71. The smallest absolute Gasteiger partial charge is 0.240 e. The normalized spacial score (nSPS) is 14.6. The van der Waals surface area contributed by atoms with E-state index >= 15 is 0 Å². The first kappa shape index (κ1) is 12.1. The Labute approximate surface area is 99.4 Å². The molecule has 0 unspecified atom stereocenters. The molecule has 1 aliphatic heterocycles. The van der Waals surface area contributed by atoms with E-state index in [1.54, 1.807) is 16.3 Å². The van der Waals surface area contributed by atoms with Crippen LogP contribution in [0.25, 0.3) is 0 Å². The van der Waals surface area contributed by atoms with Gasteiger partial charge in [-0.05, 0) is 23.1 Å². The van der Waals surface area contributed by atoms with Gasteiger partial charge in [0.2, 0.25) is 5.96 Å². The average Bonchev–Trinajstić information content (AvgIpc) is 2.54. The van der Waals surface area contributed by atoms with E-state index in [4.69, 9.17) is 5.73 Å². The number of hydrogen-bond acceptors (Lipinski definition) is 5. The van der Waals surface area contributed by atoms with E-state index in [0.717, 1.165) is 5.69 Å². The zero-order valence-corrected chi connectivity index (χ0v) is 8.54. The molecule has 0 aliphatic carbocycles. The first-order valence-electron chi connectivity index (χ1n) is 4.58. The molecule has 0 aromatic heterocycles. The van der Waals surface area contributed by atoms with Crippen LogP contribution in [0.4, 0.5) is 5.69 Å². The van der Waals surface area contributed by atoms with E-state index in [2.05, 4.69) is 11.7 Å². The maximum Gasteiger partial charge on any atom is 0.240 e. The van der Waals surface area contributed by atoms with Gasteiger partial charge in [-0.1, -0.05) is 24.8 Å². The monoisotopic (exact) mass is 235 g/mol. The van der Waals surface area contributed by atoms with Gasteiger partial charge in [0.15, 0.2) is 0 Å². The molecular weight excluding hydrogens is 218 g/mol. The third-order valence-electron chi connectivity index (χ3n) is 2.12. The van der Waals surface area contributed by atoms with Crippen LogP contribution in [0.1, 0.15) is 0 Å². The molecule has 0 fully saturated rings. The first-order valence-corrected chi connectivity index (χ1v) is 4.58. The van der Waals surface area contributed by atoms with Gasteiger partial charge in [0, 0.05) is 13.2 Å². The minimum absolute atomic E-state index is 0. The fourth-order valence-electron chi connectivity index (χ4n) is 1.50. The molecule has 1 aromatic carbocycles. The molecule has 0 spiro atoms. The van der Waals surface area contributed by atoms with Gasteiger partial charge < -0.3 is 5.73 Å². The Kier molecular flexibility index (Phi) is 3.57. The Morgan fingerprint density at radius 2 is 1.94 bits per heavy atom. The number of nitrogens with zero attached hydrogens (tertiary/aromatic N) is 4. The van der Waals surface area contributed by atoms with Crippen LogP contribution in [0.3, 0.4) is 0 Å². The fourth-order valence-corrected chi connectivity index (χ4v) is 1.50. The Bertz CT molecular complexity index is 391. The van der Waals surface area contributed by atoms with Crippen molar-refractivity contribution < 1.29 is 0 Å². The summed E-state index contributed by atoms with van der Waals surface area (Å²) in [6.07, 6.45) is 1.62. The highest BCUT2D eigenvalue weighted by Gasteiger charge is 2.26. The number of nitrogens with two attached hydrogens (primary N) is 1. The van der Waals surface area contributed by atoms with Crippen molar-refractivity contribution in [1.29, 1.82) is 0 Å². The minimum atomic E-state index is 0. The van der Waals surface area contributed by atoms with Gasteiger partial charge in [0.25, 0.3) is 0 Å². The number of benzene rings is 1. The van der Waals surface area contributed by atoms with Crippen molar-refractivity contribution in [3.63, 3.8) is 0 Å². The molecule has 1 aliphatic rings. The molecule has 6 heteroatoms. The highest BCUT2D eigenvalue weighted by atomic mass is 28.1.